The molecule has 53 heavy (non-hydrogen) atoms. The molecule has 1 aromatic heterocycles. The van der Waals surface area contributed by atoms with E-state index in [1.54, 1.807) is 6.07 Å². The lowest BCUT2D eigenvalue weighted by Crippen LogP contribution is -2.52. The van der Waals surface area contributed by atoms with Crippen LogP contribution in [0.15, 0.2) is 53.1 Å². The van der Waals surface area contributed by atoms with Crippen LogP contribution in [0.2, 0.25) is 0 Å². The lowest BCUT2D eigenvalue weighted by Gasteiger charge is -2.31. The van der Waals surface area contributed by atoms with Gasteiger partial charge in [-0.2, -0.15) is 5.26 Å². The van der Waals surface area contributed by atoms with Crippen molar-refractivity contribution >= 4 is 29.1 Å². The zero-order valence-corrected chi connectivity index (χ0v) is 30.3. The topological polar surface area (TPSA) is 140 Å². The SMILES string of the molecule is Cc1ccc(-c2c(C)noc2C)cc1-c1ccc(C2(C#N)CC2)c(NCC2CCC(Nc3cc4c(cc3F)C(=O)N(C3CCC(=O)NC3=O)C4)CC2)c1. The van der Waals surface area contributed by atoms with E-state index in [2.05, 4.69) is 70.5 Å². The Kier molecular flexibility index (Phi) is 8.80. The van der Waals surface area contributed by atoms with Gasteiger partial charge in [-0.25, -0.2) is 4.39 Å². The summed E-state index contributed by atoms with van der Waals surface area (Å²) in [4.78, 5) is 38.6. The van der Waals surface area contributed by atoms with Crippen molar-refractivity contribution in [1.29, 1.82) is 5.26 Å². The van der Waals surface area contributed by atoms with Gasteiger partial charge in [0, 0.05) is 42.4 Å². The van der Waals surface area contributed by atoms with Crippen molar-refractivity contribution in [2.45, 2.75) is 96.2 Å². The molecule has 1 atom stereocenters. The Balaban J connectivity index is 0.934. The standard InChI is InChI=1S/C42H43FN6O4/c1-23-4-7-28(39-24(2)48-53-25(39)3)16-31(23)27-8-11-33(42(22-44)14-15-42)35(17-27)45-20-26-5-9-30(10-6-26)46-36-18-29-21-49(41(52)32(29)19-34(36)43)37-12-13-38(50)47-40(37)51/h4,7-8,11,16-19,26,30,37,45-46H,5-6,9-10,12-15,20-21H2,1-3H3,(H,47,50,51). The van der Waals surface area contributed by atoms with Gasteiger partial charge in [-0.3, -0.25) is 19.7 Å². The van der Waals surface area contributed by atoms with Crippen molar-refractivity contribution in [1.82, 2.24) is 15.4 Å². The van der Waals surface area contributed by atoms with Crippen molar-refractivity contribution in [3.8, 4) is 28.3 Å². The Morgan fingerprint density at radius 3 is 2.43 bits per heavy atom. The molecule has 11 heteroatoms. The number of nitrogens with one attached hydrogen (secondary N) is 3. The second-order valence-electron chi connectivity index (χ2n) is 15.3. The first-order valence-corrected chi connectivity index (χ1v) is 18.6. The van der Waals surface area contributed by atoms with E-state index in [1.807, 2.05) is 13.8 Å². The third-order valence-electron chi connectivity index (χ3n) is 11.8. The summed E-state index contributed by atoms with van der Waals surface area (Å²) in [6.45, 7) is 6.98. The molecule has 1 saturated heterocycles. The number of carbonyl (C=O) groups excluding carboxylic acids is 3. The number of aromatic nitrogens is 1. The van der Waals surface area contributed by atoms with Gasteiger partial charge in [0.25, 0.3) is 5.91 Å². The highest BCUT2D eigenvalue weighted by Crippen LogP contribution is 2.51. The number of hydrogen-bond acceptors (Lipinski definition) is 8. The van der Waals surface area contributed by atoms with E-state index in [0.717, 1.165) is 95.6 Å². The molecule has 10 nitrogen and oxygen atoms in total. The summed E-state index contributed by atoms with van der Waals surface area (Å²) in [6.07, 6.45) is 5.80. The van der Waals surface area contributed by atoms with Crippen LogP contribution in [0.25, 0.3) is 22.3 Å². The molecule has 2 aliphatic heterocycles. The predicted molar refractivity (Wildman–Crippen MR) is 198 cm³/mol. The van der Waals surface area contributed by atoms with Gasteiger partial charge in [0.1, 0.15) is 17.6 Å². The second-order valence-corrected chi connectivity index (χ2v) is 15.3. The van der Waals surface area contributed by atoms with E-state index in [1.165, 1.54) is 11.0 Å². The van der Waals surface area contributed by atoms with E-state index in [4.69, 9.17) is 4.52 Å². The minimum Gasteiger partial charge on any atom is -0.384 e. The van der Waals surface area contributed by atoms with Gasteiger partial charge in [0.2, 0.25) is 11.8 Å². The van der Waals surface area contributed by atoms with Crippen LogP contribution >= 0.6 is 0 Å². The third-order valence-corrected chi connectivity index (χ3v) is 11.8. The van der Waals surface area contributed by atoms with Crippen molar-refractivity contribution in [2.24, 2.45) is 5.92 Å². The van der Waals surface area contributed by atoms with Crippen molar-refractivity contribution in [3.05, 3.63) is 88.1 Å². The van der Waals surface area contributed by atoms with Gasteiger partial charge >= 0.3 is 0 Å². The van der Waals surface area contributed by atoms with Gasteiger partial charge in [0.15, 0.2) is 0 Å². The molecule has 4 aliphatic rings. The Morgan fingerprint density at radius 2 is 1.74 bits per heavy atom. The molecule has 3 amide bonds. The molecule has 3 fully saturated rings. The van der Waals surface area contributed by atoms with E-state index >= 15 is 4.39 Å². The van der Waals surface area contributed by atoms with Crippen LogP contribution in [0.3, 0.4) is 0 Å². The number of imide groups is 1. The molecule has 3 N–H and O–H groups in total. The largest absolute Gasteiger partial charge is 0.384 e. The van der Waals surface area contributed by atoms with Crippen molar-refractivity contribution in [2.75, 3.05) is 17.2 Å². The van der Waals surface area contributed by atoms with Crippen LogP contribution in [0.4, 0.5) is 15.8 Å². The van der Waals surface area contributed by atoms with Crippen LogP contribution in [-0.2, 0) is 21.5 Å². The number of nitriles is 1. The number of benzene rings is 3. The molecular formula is C42H43FN6O4. The molecule has 0 radical (unpaired) electrons. The third kappa shape index (κ3) is 6.45. The second kappa shape index (κ2) is 13.5. The van der Waals surface area contributed by atoms with Gasteiger partial charge in [0.05, 0.1) is 22.9 Å². The molecule has 272 valence electrons. The fourth-order valence-electron chi connectivity index (χ4n) is 8.51. The molecule has 0 spiro atoms. The summed E-state index contributed by atoms with van der Waals surface area (Å²) < 4.78 is 20.8. The van der Waals surface area contributed by atoms with E-state index in [-0.39, 0.29) is 42.8 Å². The maximum absolute atomic E-state index is 15.3. The number of amides is 3. The Labute approximate surface area is 308 Å². The fourth-order valence-corrected chi connectivity index (χ4v) is 8.51. The average molecular weight is 715 g/mol. The molecule has 8 rings (SSSR count). The maximum atomic E-state index is 15.3. The Morgan fingerprint density at radius 1 is 0.962 bits per heavy atom. The summed E-state index contributed by atoms with van der Waals surface area (Å²) in [5.41, 5.74) is 9.22. The first-order valence-electron chi connectivity index (χ1n) is 18.6. The highest BCUT2D eigenvalue weighted by molar-refractivity contribution is 6.05. The number of piperidine rings is 1. The quantitative estimate of drug-likeness (QED) is 0.152. The summed E-state index contributed by atoms with van der Waals surface area (Å²) in [6, 6.07) is 17.8. The molecule has 4 aromatic rings. The van der Waals surface area contributed by atoms with Crippen LogP contribution in [0, 0.1) is 43.8 Å². The average Bonchev–Trinajstić information content (AvgIpc) is 3.79. The fraction of sp³-hybridized carbons (Fsp3) is 0.405. The highest BCUT2D eigenvalue weighted by Gasteiger charge is 2.46. The number of nitrogens with zero attached hydrogens (tertiary/aromatic N) is 3. The number of fused-ring (bicyclic) bond motifs is 1. The summed E-state index contributed by atoms with van der Waals surface area (Å²) >= 11 is 0. The number of hydrogen-bond donors (Lipinski definition) is 3. The molecule has 3 aromatic carbocycles. The maximum Gasteiger partial charge on any atom is 0.255 e. The summed E-state index contributed by atoms with van der Waals surface area (Å²) in [7, 11) is 0. The minimum absolute atomic E-state index is 0.0855. The zero-order chi connectivity index (χ0) is 37.0. The zero-order valence-electron chi connectivity index (χ0n) is 30.3. The van der Waals surface area contributed by atoms with Crippen LogP contribution in [0.1, 0.15) is 89.9 Å². The van der Waals surface area contributed by atoms with Crippen LogP contribution in [-0.4, -0.2) is 46.4 Å². The number of carbonyl (C=O) groups is 3. The number of rotatable bonds is 9. The Bertz CT molecular complexity index is 2170. The van der Waals surface area contributed by atoms with Gasteiger partial charge < -0.3 is 20.1 Å². The molecular weight excluding hydrogens is 671 g/mol. The summed E-state index contributed by atoms with van der Waals surface area (Å²) in [5.74, 6) is -0.497. The van der Waals surface area contributed by atoms with E-state index in [9.17, 15) is 19.6 Å². The minimum atomic E-state index is -0.737. The summed E-state index contributed by atoms with van der Waals surface area (Å²) in [5, 5.41) is 23.7. The first kappa shape index (κ1) is 34.6. The van der Waals surface area contributed by atoms with Crippen molar-refractivity contribution < 1.29 is 23.3 Å². The lowest BCUT2D eigenvalue weighted by molar-refractivity contribution is -0.136. The smallest absolute Gasteiger partial charge is 0.255 e. The predicted octanol–water partition coefficient (Wildman–Crippen LogP) is 7.47. The Hall–Kier alpha value is -5.50. The molecule has 2 saturated carbocycles. The molecule has 1 unspecified atom stereocenters. The van der Waals surface area contributed by atoms with E-state index in [0.29, 0.717) is 17.2 Å². The van der Waals surface area contributed by atoms with Crippen LogP contribution in [0.5, 0.6) is 0 Å². The van der Waals surface area contributed by atoms with Crippen molar-refractivity contribution in [3.63, 3.8) is 0 Å². The monoisotopic (exact) mass is 714 g/mol. The van der Waals surface area contributed by atoms with Gasteiger partial charge in [-0.05, 0) is 129 Å². The van der Waals surface area contributed by atoms with Crippen LogP contribution < -0.4 is 16.0 Å². The lowest BCUT2D eigenvalue weighted by atomic mass is 9.85. The molecule has 3 heterocycles. The van der Waals surface area contributed by atoms with E-state index < -0.39 is 23.2 Å². The molecule has 2 aliphatic carbocycles. The number of halogens is 1. The number of anilines is 2. The normalized spacial score (nSPS) is 21.9. The molecule has 0 bridgehead atoms. The van der Waals surface area contributed by atoms with Gasteiger partial charge in [-0.15, -0.1) is 0 Å². The first-order chi connectivity index (χ1) is 25.5. The highest BCUT2D eigenvalue weighted by atomic mass is 19.1. The van der Waals surface area contributed by atoms with Gasteiger partial charge in [-0.1, -0.05) is 29.4 Å². The number of aryl methyl sites for hydroxylation is 3.